The van der Waals surface area contributed by atoms with E-state index in [1.54, 1.807) is 0 Å². The van der Waals surface area contributed by atoms with Gasteiger partial charge in [-0.2, -0.15) is 0 Å². The predicted molar refractivity (Wildman–Crippen MR) is 138 cm³/mol. The van der Waals surface area contributed by atoms with Crippen molar-refractivity contribution in [2.75, 3.05) is 13.2 Å². The molecule has 0 saturated carbocycles. The molecule has 7 heteroatoms. The molecular weight excluding hydrogens is 460 g/mol. The third-order valence-electron chi connectivity index (χ3n) is 6.87. The summed E-state index contributed by atoms with van der Waals surface area (Å²) in [5.74, 6) is -1.52. The molecular formula is C28H40O6Si. The van der Waals surface area contributed by atoms with Gasteiger partial charge >= 0.3 is 0 Å². The van der Waals surface area contributed by atoms with E-state index in [0.29, 0.717) is 6.61 Å². The van der Waals surface area contributed by atoms with E-state index in [-0.39, 0.29) is 11.6 Å². The Labute approximate surface area is 210 Å². The quantitative estimate of drug-likeness (QED) is 0.586. The first-order valence-electron chi connectivity index (χ1n) is 12.5. The Balaban J connectivity index is 1.83. The SMILES string of the molecule is CC1(C)OC[C@H]([C@@H](O)[C@H](O[Si](c2ccccc2)(c2ccccc2)C(C)(C)C)[C@H]2COC(C)(C)O2)O1. The molecule has 0 aliphatic carbocycles. The lowest BCUT2D eigenvalue weighted by molar-refractivity contribution is -0.181. The molecule has 2 aliphatic rings. The van der Waals surface area contributed by atoms with Crippen LogP contribution in [0.2, 0.25) is 5.04 Å². The van der Waals surface area contributed by atoms with E-state index < -0.39 is 44.3 Å². The normalized spacial score (nSPS) is 25.9. The number of aliphatic hydroxyl groups is 1. The average Bonchev–Trinajstić information content (AvgIpc) is 3.35. The van der Waals surface area contributed by atoms with Crippen LogP contribution in [0.4, 0.5) is 0 Å². The highest BCUT2D eigenvalue weighted by molar-refractivity contribution is 6.99. The highest BCUT2D eigenvalue weighted by Gasteiger charge is 2.56. The summed E-state index contributed by atoms with van der Waals surface area (Å²) in [5, 5.41) is 13.8. The summed E-state index contributed by atoms with van der Waals surface area (Å²) in [4.78, 5) is 0. The first kappa shape index (κ1) is 26.5. The fourth-order valence-corrected chi connectivity index (χ4v) is 9.95. The van der Waals surface area contributed by atoms with Crippen molar-refractivity contribution in [3.05, 3.63) is 60.7 Å². The molecule has 2 heterocycles. The van der Waals surface area contributed by atoms with Crippen LogP contribution in [0, 0.1) is 0 Å². The molecule has 2 saturated heterocycles. The van der Waals surface area contributed by atoms with E-state index >= 15 is 0 Å². The van der Waals surface area contributed by atoms with Gasteiger partial charge < -0.3 is 28.5 Å². The molecule has 0 aromatic heterocycles. The monoisotopic (exact) mass is 500 g/mol. The minimum absolute atomic E-state index is 0.255. The largest absolute Gasteiger partial charge is 0.399 e. The zero-order valence-corrected chi connectivity index (χ0v) is 23.0. The Bertz CT molecular complexity index is 932. The summed E-state index contributed by atoms with van der Waals surface area (Å²) in [6, 6.07) is 20.8. The predicted octanol–water partition coefficient (Wildman–Crippen LogP) is 3.60. The number of benzene rings is 2. The molecule has 0 amide bonds. The van der Waals surface area contributed by atoms with Gasteiger partial charge in [0.05, 0.1) is 13.2 Å². The van der Waals surface area contributed by atoms with Crippen LogP contribution in [0.1, 0.15) is 48.5 Å². The zero-order valence-electron chi connectivity index (χ0n) is 22.0. The van der Waals surface area contributed by atoms with Crippen molar-refractivity contribution in [2.24, 2.45) is 0 Å². The Morgan fingerprint density at radius 3 is 1.60 bits per heavy atom. The van der Waals surface area contributed by atoms with Crippen LogP contribution in [-0.2, 0) is 23.4 Å². The summed E-state index contributed by atoms with van der Waals surface area (Å²) >= 11 is 0. The maximum Gasteiger partial charge on any atom is 0.261 e. The van der Waals surface area contributed by atoms with Gasteiger partial charge in [-0.3, -0.25) is 0 Å². The number of rotatable bonds is 7. The summed E-state index contributed by atoms with van der Waals surface area (Å²) in [7, 11) is -2.97. The van der Waals surface area contributed by atoms with Crippen molar-refractivity contribution in [3.63, 3.8) is 0 Å². The fraction of sp³-hybridized carbons (Fsp3) is 0.571. The van der Waals surface area contributed by atoms with Gasteiger partial charge in [-0.25, -0.2) is 0 Å². The number of hydrogen-bond acceptors (Lipinski definition) is 6. The topological polar surface area (TPSA) is 66.4 Å². The fourth-order valence-electron chi connectivity index (χ4n) is 5.23. The molecule has 6 nitrogen and oxygen atoms in total. The van der Waals surface area contributed by atoms with Crippen LogP contribution in [0.25, 0.3) is 0 Å². The van der Waals surface area contributed by atoms with Gasteiger partial charge in [-0.1, -0.05) is 81.4 Å². The van der Waals surface area contributed by atoms with Gasteiger partial charge in [-0.15, -0.1) is 0 Å². The van der Waals surface area contributed by atoms with Crippen LogP contribution in [0.3, 0.4) is 0 Å². The molecule has 2 aromatic rings. The maximum absolute atomic E-state index is 11.8. The Hall–Kier alpha value is -1.58. The van der Waals surface area contributed by atoms with Gasteiger partial charge in [0.25, 0.3) is 8.32 Å². The molecule has 4 rings (SSSR count). The van der Waals surface area contributed by atoms with Gasteiger partial charge in [0, 0.05) is 0 Å². The van der Waals surface area contributed by atoms with Gasteiger partial charge in [0.15, 0.2) is 11.6 Å². The highest BCUT2D eigenvalue weighted by atomic mass is 28.4. The van der Waals surface area contributed by atoms with E-state index in [9.17, 15) is 5.11 Å². The van der Waals surface area contributed by atoms with Gasteiger partial charge in [0.2, 0.25) is 0 Å². The van der Waals surface area contributed by atoms with Gasteiger partial charge in [-0.05, 0) is 43.1 Å². The summed E-state index contributed by atoms with van der Waals surface area (Å²) in [5.41, 5.74) is 0. The van der Waals surface area contributed by atoms with Crippen molar-refractivity contribution < 1.29 is 28.5 Å². The highest BCUT2D eigenvalue weighted by Crippen LogP contribution is 2.40. The third kappa shape index (κ3) is 5.42. The van der Waals surface area contributed by atoms with E-state index in [1.165, 1.54) is 0 Å². The first-order chi connectivity index (χ1) is 16.3. The number of ether oxygens (including phenoxy) is 4. The minimum atomic E-state index is -2.97. The number of hydrogen-bond donors (Lipinski definition) is 1. The van der Waals surface area contributed by atoms with Crippen LogP contribution < -0.4 is 10.4 Å². The van der Waals surface area contributed by atoms with Crippen LogP contribution in [0.15, 0.2) is 60.7 Å². The zero-order chi connectivity index (χ0) is 25.5. The minimum Gasteiger partial charge on any atom is -0.399 e. The molecule has 1 N–H and O–H groups in total. The van der Waals surface area contributed by atoms with Crippen molar-refractivity contribution in [3.8, 4) is 0 Å². The lowest BCUT2D eigenvalue weighted by Crippen LogP contribution is -2.70. The molecule has 0 unspecified atom stereocenters. The molecule has 192 valence electrons. The molecule has 2 fully saturated rings. The Kier molecular flexibility index (Phi) is 7.34. The molecule has 2 aliphatic heterocycles. The second kappa shape index (κ2) is 9.71. The summed E-state index contributed by atoms with van der Waals surface area (Å²) in [6.07, 6.45) is -2.67. The van der Waals surface area contributed by atoms with E-state index in [2.05, 4.69) is 69.3 Å². The van der Waals surface area contributed by atoms with E-state index in [1.807, 2.05) is 39.8 Å². The van der Waals surface area contributed by atoms with Crippen LogP contribution in [-0.4, -0.2) is 62.6 Å². The van der Waals surface area contributed by atoms with Crippen molar-refractivity contribution >= 4 is 18.7 Å². The standard InChI is InChI=1S/C28H40O6Si/c1-26(2,3)35(20-14-10-8-11-15-20,21-16-12-9-13-17-21)34-25(23-19-31-28(6,7)33-23)24(29)22-18-30-27(4,5)32-22/h8-17,22-25,29H,18-19H2,1-7H3/t22-,23-,24-,25-/m1/s1. The summed E-state index contributed by atoms with van der Waals surface area (Å²) in [6.45, 7) is 14.8. The lowest BCUT2D eigenvalue weighted by atomic mass is 10.0. The van der Waals surface area contributed by atoms with Gasteiger partial charge in [0.1, 0.15) is 24.4 Å². The Morgan fingerprint density at radius 1 is 0.800 bits per heavy atom. The average molecular weight is 501 g/mol. The molecule has 0 spiro atoms. The molecule has 35 heavy (non-hydrogen) atoms. The first-order valence-corrected chi connectivity index (χ1v) is 14.4. The smallest absolute Gasteiger partial charge is 0.261 e. The second-order valence-corrected chi connectivity index (χ2v) is 15.7. The van der Waals surface area contributed by atoms with Crippen LogP contribution >= 0.6 is 0 Å². The molecule has 4 atom stereocenters. The molecule has 2 aromatic carbocycles. The second-order valence-electron chi connectivity index (χ2n) is 11.5. The van der Waals surface area contributed by atoms with Crippen LogP contribution in [0.5, 0.6) is 0 Å². The van der Waals surface area contributed by atoms with Crippen molar-refractivity contribution in [1.29, 1.82) is 0 Å². The van der Waals surface area contributed by atoms with Crippen molar-refractivity contribution in [1.82, 2.24) is 0 Å². The maximum atomic E-state index is 11.8. The lowest BCUT2D eigenvalue weighted by Gasteiger charge is -2.47. The van der Waals surface area contributed by atoms with E-state index in [0.717, 1.165) is 10.4 Å². The summed E-state index contributed by atoms with van der Waals surface area (Å²) < 4.78 is 31.4. The molecule has 0 bridgehead atoms. The van der Waals surface area contributed by atoms with Crippen molar-refractivity contribution in [2.45, 2.75) is 89.5 Å². The molecule has 0 radical (unpaired) electrons. The number of aliphatic hydroxyl groups excluding tert-OH is 1. The Morgan fingerprint density at radius 2 is 1.23 bits per heavy atom. The third-order valence-corrected chi connectivity index (χ3v) is 11.9. The van der Waals surface area contributed by atoms with E-state index in [4.69, 9.17) is 23.4 Å².